The first-order chi connectivity index (χ1) is 5.20. The normalized spacial score (nSPS) is 14.5. The van der Waals surface area contributed by atoms with Crippen molar-refractivity contribution in [2.75, 3.05) is 0 Å². The molecule has 0 spiro atoms. The van der Waals surface area contributed by atoms with Crippen LogP contribution in [0.5, 0.6) is 0 Å². The molecule has 1 heterocycles. The molecule has 1 aromatic rings. The maximum Gasteiger partial charge on any atom is 0.524 e. The summed E-state index contributed by atoms with van der Waals surface area (Å²) in [7, 11) is -2.29. The van der Waals surface area contributed by atoms with E-state index in [9.17, 15) is 4.57 Å². The van der Waals surface area contributed by atoms with Gasteiger partial charge in [-0.05, 0) is 4.57 Å². The van der Waals surface area contributed by atoms with E-state index in [0.717, 1.165) is 5.69 Å². The van der Waals surface area contributed by atoms with Crippen LogP contribution in [0.1, 0.15) is 5.69 Å². The van der Waals surface area contributed by atoms with Gasteiger partial charge in [-0.1, -0.05) is 0 Å². The van der Waals surface area contributed by atoms with Gasteiger partial charge in [-0.3, -0.25) is 5.73 Å². The van der Waals surface area contributed by atoms with Gasteiger partial charge in [0.05, 0.1) is 12.7 Å². The third kappa shape index (κ3) is 2.38. The summed E-state index contributed by atoms with van der Waals surface area (Å²) >= 11 is 0. The summed E-state index contributed by atoms with van der Waals surface area (Å²) in [6.07, 6.45) is 3.44. The molecule has 1 rings (SSSR count). The van der Waals surface area contributed by atoms with Gasteiger partial charge < -0.3 is 4.98 Å². The highest BCUT2D eigenvalue weighted by Gasteiger charge is 2.24. The molecule has 0 bridgehead atoms. The number of hydrogen-bond donors (Lipinski definition) is 3. The number of nitrogens with one attached hydrogen (secondary N) is 1. The van der Waals surface area contributed by atoms with Crippen molar-refractivity contribution in [2.45, 2.75) is 12.2 Å². The van der Waals surface area contributed by atoms with E-state index in [4.69, 9.17) is 10.6 Å². The lowest BCUT2D eigenvalue weighted by atomic mass is 10.3. The SMILES string of the molecule is NC(Cc1cnc[nH]1)[P+](=O)O. The third-order valence-corrected chi connectivity index (χ3v) is 2.02. The molecule has 0 aliphatic heterocycles. The molecule has 0 saturated heterocycles. The highest BCUT2D eigenvalue weighted by Crippen LogP contribution is 2.20. The van der Waals surface area contributed by atoms with Gasteiger partial charge >= 0.3 is 8.03 Å². The minimum Gasteiger partial charge on any atom is -0.348 e. The van der Waals surface area contributed by atoms with Crippen LogP contribution in [0.25, 0.3) is 0 Å². The Morgan fingerprint density at radius 2 is 2.64 bits per heavy atom. The fourth-order valence-corrected chi connectivity index (χ4v) is 1.05. The monoisotopic (exact) mass is 174 g/mol. The molecule has 5 nitrogen and oxygen atoms in total. The van der Waals surface area contributed by atoms with Crippen molar-refractivity contribution in [3.05, 3.63) is 18.2 Å². The Balaban J connectivity index is 2.50. The number of hydrogen-bond acceptors (Lipinski definition) is 3. The molecule has 11 heavy (non-hydrogen) atoms. The molecule has 0 amide bonds. The van der Waals surface area contributed by atoms with Crippen molar-refractivity contribution >= 4 is 8.03 Å². The van der Waals surface area contributed by atoms with E-state index in [1.54, 1.807) is 6.20 Å². The molecule has 0 saturated carbocycles. The minimum absolute atomic E-state index is 0.353. The molecular formula is C5H9N3O2P+. The molecule has 2 atom stereocenters. The van der Waals surface area contributed by atoms with Crippen LogP contribution < -0.4 is 5.73 Å². The maximum atomic E-state index is 10.4. The number of aromatic nitrogens is 2. The smallest absolute Gasteiger partial charge is 0.348 e. The first-order valence-electron chi connectivity index (χ1n) is 3.08. The summed E-state index contributed by atoms with van der Waals surface area (Å²) in [6.45, 7) is 0. The Hall–Kier alpha value is -0.770. The van der Waals surface area contributed by atoms with E-state index >= 15 is 0 Å². The van der Waals surface area contributed by atoms with Crippen molar-refractivity contribution < 1.29 is 9.46 Å². The second-order valence-electron chi connectivity index (χ2n) is 2.15. The molecular weight excluding hydrogens is 165 g/mol. The van der Waals surface area contributed by atoms with Gasteiger partial charge in [0, 0.05) is 11.9 Å². The summed E-state index contributed by atoms with van der Waals surface area (Å²) < 4.78 is 10.4. The second-order valence-corrected chi connectivity index (χ2v) is 3.42. The van der Waals surface area contributed by atoms with Crippen molar-refractivity contribution in [2.24, 2.45) is 5.73 Å². The average molecular weight is 174 g/mol. The molecule has 0 fully saturated rings. The van der Waals surface area contributed by atoms with Gasteiger partial charge in [-0.2, -0.15) is 4.89 Å². The zero-order chi connectivity index (χ0) is 8.27. The van der Waals surface area contributed by atoms with Crippen molar-refractivity contribution in [1.29, 1.82) is 0 Å². The number of imidazole rings is 1. The van der Waals surface area contributed by atoms with Crippen LogP contribution in [0.4, 0.5) is 0 Å². The first-order valence-corrected chi connectivity index (χ1v) is 4.36. The Kier molecular flexibility index (Phi) is 2.70. The van der Waals surface area contributed by atoms with Gasteiger partial charge in [-0.15, -0.1) is 0 Å². The van der Waals surface area contributed by atoms with Crippen molar-refractivity contribution in [1.82, 2.24) is 9.97 Å². The lowest BCUT2D eigenvalue weighted by Gasteiger charge is -1.93. The summed E-state index contributed by atoms with van der Waals surface area (Å²) in [4.78, 5) is 15.1. The molecule has 0 radical (unpaired) electrons. The van der Waals surface area contributed by atoms with Crippen LogP contribution in [-0.4, -0.2) is 20.6 Å². The van der Waals surface area contributed by atoms with E-state index < -0.39 is 13.8 Å². The molecule has 4 N–H and O–H groups in total. The van der Waals surface area contributed by atoms with Gasteiger partial charge in [0.15, 0.2) is 0 Å². The molecule has 0 aliphatic carbocycles. The summed E-state index contributed by atoms with van der Waals surface area (Å²) in [6, 6.07) is 0. The largest absolute Gasteiger partial charge is 0.524 e. The van der Waals surface area contributed by atoms with Crippen molar-refractivity contribution in [3.63, 3.8) is 0 Å². The zero-order valence-electron chi connectivity index (χ0n) is 5.77. The lowest BCUT2D eigenvalue weighted by Crippen LogP contribution is -2.18. The Labute approximate surface area is 64.5 Å². The van der Waals surface area contributed by atoms with Gasteiger partial charge in [-0.25, -0.2) is 4.98 Å². The Bertz CT molecular complexity index is 236. The molecule has 6 heteroatoms. The predicted octanol–water partition coefficient (Wildman–Crippen LogP) is -0.0283. The molecule has 0 aliphatic rings. The van der Waals surface area contributed by atoms with Crippen LogP contribution in [0.3, 0.4) is 0 Å². The number of rotatable bonds is 3. The fourth-order valence-electron chi connectivity index (χ4n) is 0.700. The van der Waals surface area contributed by atoms with Crippen LogP contribution in [-0.2, 0) is 11.0 Å². The molecule has 0 aromatic carbocycles. The fraction of sp³-hybridized carbons (Fsp3) is 0.400. The van der Waals surface area contributed by atoms with Gasteiger partial charge in [0.2, 0.25) is 5.78 Å². The van der Waals surface area contributed by atoms with E-state index in [0.29, 0.717) is 6.42 Å². The molecule has 2 unspecified atom stereocenters. The average Bonchev–Trinajstić information content (AvgIpc) is 2.39. The maximum absolute atomic E-state index is 10.4. The zero-order valence-corrected chi connectivity index (χ0v) is 6.66. The summed E-state index contributed by atoms with van der Waals surface area (Å²) in [5.74, 6) is -0.703. The van der Waals surface area contributed by atoms with E-state index in [-0.39, 0.29) is 0 Å². The topological polar surface area (TPSA) is 92.0 Å². The lowest BCUT2D eigenvalue weighted by molar-refractivity contribution is 0.488. The number of nitrogens with zero attached hydrogens (tertiary/aromatic N) is 1. The van der Waals surface area contributed by atoms with Crippen LogP contribution in [0.2, 0.25) is 0 Å². The quantitative estimate of drug-likeness (QED) is 0.561. The molecule has 60 valence electrons. The second kappa shape index (κ2) is 3.57. The highest BCUT2D eigenvalue weighted by molar-refractivity contribution is 7.38. The van der Waals surface area contributed by atoms with E-state index in [1.165, 1.54) is 6.33 Å². The van der Waals surface area contributed by atoms with Crippen LogP contribution in [0.15, 0.2) is 12.5 Å². The van der Waals surface area contributed by atoms with Crippen LogP contribution in [0, 0.1) is 0 Å². The Morgan fingerprint density at radius 1 is 1.91 bits per heavy atom. The number of H-pyrrole nitrogens is 1. The number of nitrogens with two attached hydrogens (primary N) is 1. The predicted molar refractivity (Wildman–Crippen MR) is 40.1 cm³/mol. The van der Waals surface area contributed by atoms with Gasteiger partial charge in [0.25, 0.3) is 0 Å². The van der Waals surface area contributed by atoms with Crippen LogP contribution >= 0.6 is 8.03 Å². The van der Waals surface area contributed by atoms with Crippen molar-refractivity contribution in [3.8, 4) is 0 Å². The Morgan fingerprint density at radius 3 is 3.09 bits per heavy atom. The first kappa shape index (κ1) is 8.33. The highest BCUT2D eigenvalue weighted by atomic mass is 31.1. The minimum atomic E-state index is -2.29. The third-order valence-electron chi connectivity index (χ3n) is 1.27. The summed E-state index contributed by atoms with van der Waals surface area (Å²) in [5.41, 5.74) is 6.10. The van der Waals surface area contributed by atoms with E-state index in [2.05, 4.69) is 9.97 Å². The number of aromatic amines is 1. The standard InChI is InChI=1S/C5H8N3O2P/c6-5(11(9)10)1-4-2-7-3-8-4/h2-3,5H,1,6H2,(H-,7,8,9,10)/p+1. The molecule has 1 aromatic heterocycles. The van der Waals surface area contributed by atoms with Gasteiger partial charge in [0.1, 0.15) is 0 Å². The summed E-state index contributed by atoms with van der Waals surface area (Å²) in [5, 5.41) is 0. The van der Waals surface area contributed by atoms with E-state index in [1.807, 2.05) is 0 Å².